The Hall–Kier alpha value is -2.87. The summed E-state index contributed by atoms with van der Waals surface area (Å²) in [5.41, 5.74) is 8.49. The van der Waals surface area contributed by atoms with Gasteiger partial charge in [0, 0.05) is 21.9 Å². The van der Waals surface area contributed by atoms with Crippen LogP contribution in [-0.2, 0) is 0 Å². The first-order valence-electron chi connectivity index (χ1n) is 9.47. The van der Waals surface area contributed by atoms with Crippen LogP contribution in [-0.4, -0.2) is 9.97 Å². The molecule has 0 aliphatic heterocycles. The maximum atomic E-state index is 4.99. The van der Waals surface area contributed by atoms with Gasteiger partial charge in [0.15, 0.2) is 0 Å². The molecule has 1 N–H and O–H groups in total. The van der Waals surface area contributed by atoms with E-state index in [9.17, 15) is 0 Å². The second-order valence-electron chi connectivity index (χ2n) is 7.29. The number of nitrogens with zero attached hydrogens (tertiary/aromatic N) is 1. The maximum Gasteiger partial charge on any atom is 0.139 e. The highest BCUT2D eigenvalue weighted by Crippen LogP contribution is 2.37. The molecule has 0 amide bonds. The number of nitrogens with one attached hydrogen (secondary N) is 1. The smallest absolute Gasteiger partial charge is 0.139 e. The number of aromatic amines is 1. The number of benzene rings is 2. The third-order valence-corrected chi connectivity index (χ3v) is 5.42. The summed E-state index contributed by atoms with van der Waals surface area (Å²) < 4.78 is 0. The summed E-state index contributed by atoms with van der Waals surface area (Å²) in [5.74, 6) is 0. The first kappa shape index (κ1) is 15.4. The molecule has 2 heterocycles. The number of rotatable bonds is 2. The van der Waals surface area contributed by atoms with Crippen LogP contribution in [0.1, 0.15) is 36.8 Å². The molecule has 4 aromatic rings. The summed E-state index contributed by atoms with van der Waals surface area (Å²) in [5, 5.41) is 2.56. The Morgan fingerprint density at radius 2 is 1.85 bits per heavy atom. The summed E-state index contributed by atoms with van der Waals surface area (Å²) in [4.78, 5) is 8.54. The van der Waals surface area contributed by atoms with E-state index in [1.165, 1.54) is 57.8 Å². The van der Waals surface area contributed by atoms with Crippen molar-refractivity contribution in [1.82, 2.24) is 9.97 Å². The van der Waals surface area contributed by atoms with Gasteiger partial charge in [-0.15, -0.1) is 0 Å². The van der Waals surface area contributed by atoms with Gasteiger partial charge in [-0.25, -0.2) is 4.98 Å². The highest BCUT2D eigenvalue weighted by molar-refractivity contribution is 6.11. The van der Waals surface area contributed by atoms with Gasteiger partial charge in [0.2, 0.25) is 0 Å². The number of aryl methyl sites for hydroxylation is 1. The Labute approximate surface area is 153 Å². The van der Waals surface area contributed by atoms with Gasteiger partial charge in [0.05, 0.1) is 5.69 Å². The van der Waals surface area contributed by atoms with Gasteiger partial charge in [-0.1, -0.05) is 48.0 Å². The second-order valence-corrected chi connectivity index (χ2v) is 7.29. The van der Waals surface area contributed by atoms with Crippen LogP contribution in [0.15, 0.2) is 60.7 Å². The molecule has 1 aliphatic carbocycles. The summed E-state index contributed by atoms with van der Waals surface area (Å²) in [6, 6.07) is 19.4. The van der Waals surface area contributed by atoms with Crippen molar-refractivity contribution in [3.05, 3.63) is 71.8 Å². The van der Waals surface area contributed by atoms with Gasteiger partial charge in [-0.2, -0.15) is 0 Å². The first-order chi connectivity index (χ1) is 12.8. The van der Waals surface area contributed by atoms with Gasteiger partial charge in [-0.05, 0) is 61.9 Å². The van der Waals surface area contributed by atoms with Gasteiger partial charge < -0.3 is 4.98 Å². The molecule has 1 aliphatic rings. The summed E-state index contributed by atoms with van der Waals surface area (Å²) >= 11 is 0. The van der Waals surface area contributed by atoms with E-state index in [1.54, 1.807) is 0 Å². The zero-order chi connectivity index (χ0) is 17.5. The van der Waals surface area contributed by atoms with E-state index in [0.29, 0.717) is 0 Å². The van der Waals surface area contributed by atoms with Crippen LogP contribution in [0.3, 0.4) is 0 Å². The molecule has 128 valence electrons. The largest absolute Gasteiger partial charge is 0.339 e. The minimum Gasteiger partial charge on any atom is -0.339 e. The van der Waals surface area contributed by atoms with Crippen molar-refractivity contribution >= 4 is 27.5 Å². The molecule has 2 heteroatoms. The zero-order valence-corrected chi connectivity index (χ0v) is 15.0. The lowest BCUT2D eigenvalue weighted by molar-refractivity contribution is 0.742. The van der Waals surface area contributed by atoms with E-state index in [4.69, 9.17) is 4.98 Å². The summed E-state index contributed by atoms with van der Waals surface area (Å²) in [7, 11) is 0. The summed E-state index contributed by atoms with van der Waals surface area (Å²) in [6.07, 6.45) is 7.35. The van der Waals surface area contributed by atoms with E-state index < -0.39 is 0 Å². The van der Waals surface area contributed by atoms with Gasteiger partial charge in [0.25, 0.3) is 0 Å². The van der Waals surface area contributed by atoms with Crippen LogP contribution in [0.25, 0.3) is 38.8 Å². The molecule has 0 unspecified atom stereocenters. The van der Waals surface area contributed by atoms with Gasteiger partial charge >= 0.3 is 0 Å². The molecule has 26 heavy (non-hydrogen) atoms. The SMILES string of the molecule is Cc1ccc2[nH]c3nc(-c4ccccc4)cc(C4=CCCCC4)c3c2c1. The van der Waals surface area contributed by atoms with E-state index >= 15 is 0 Å². The summed E-state index contributed by atoms with van der Waals surface area (Å²) in [6.45, 7) is 2.16. The molecule has 0 saturated heterocycles. The number of hydrogen-bond acceptors (Lipinski definition) is 1. The molecule has 0 fully saturated rings. The van der Waals surface area contributed by atoms with Crippen LogP contribution < -0.4 is 0 Å². The normalized spacial score (nSPS) is 14.7. The molecule has 2 nitrogen and oxygen atoms in total. The third kappa shape index (κ3) is 2.53. The van der Waals surface area contributed by atoms with Gasteiger partial charge in [0.1, 0.15) is 5.65 Å². The van der Waals surface area contributed by atoms with Crippen LogP contribution in [0.5, 0.6) is 0 Å². The van der Waals surface area contributed by atoms with Crippen LogP contribution >= 0.6 is 0 Å². The number of allylic oxidation sites excluding steroid dienone is 2. The average Bonchev–Trinajstić information content (AvgIpc) is 3.06. The fraction of sp³-hybridized carbons (Fsp3) is 0.208. The number of aromatic nitrogens is 2. The standard InChI is InChI=1S/C24H22N2/c1-16-12-13-21-20(14-16)23-19(17-8-4-2-5-9-17)15-22(26-24(23)25-21)18-10-6-3-7-11-18/h3,6-8,10-15H,2,4-5,9H2,1H3,(H,25,26). The minimum absolute atomic E-state index is 0.994. The fourth-order valence-corrected chi connectivity index (χ4v) is 4.10. The number of H-pyrrole nitrogens is 1. The van der Waals surface area contributed by atoms with Crippen molar-refractivity contribution in [2.24, 2.45) is 0 Å². The monoisotopic (exact) mass is 338 g/mol. The number of hydrogen-bond donors (Lipinski definition) is 1. The Morgan fingerprint density at radius 3 is 2.65 bits per heavy atom. The molecule has 0 spiro atoms. The van der Waals surface area contributed by atoms with Crippen molar-refractivity contribution < 1.29 is 0 Å². The number of pyridine rings is 1. The molecular formula is C24H22N2. The molecule has 0 saturated carbocycles. The molecular weight excluding hydrogens is 316 g/mol. The van der Waals surface area contributed by atoms with Crippen molar-refractivity contribution in [2.75, 3.05) is 0 Å². The lowest BCUT2D eigenvalue weighted by atomic mass is 9.90. The molecule has 2 aromatic carbocycles. The van der Waals surface area contributed by atoms with Crippen LogP contribution in [0, 0.1) is 6.92 Å². The van der Waals surface area contributed by atoms with E-state index in [-0.39, 0.29) is 0 Å². The van der Waals surface area contributed by atoms with Crippen molar-refractivity contribution in [2.45, 2.75) is 32.6 Å². The Kier molecular flexibility index (Phi) is 3.63. The molecule has 0 bridgehead atoms. The minimum atomic E-state index is 0.994. The molecule has 0 atom stereocenters. The zero-order valence-electron chi connectivity index (χ0n) is 15.0. The van der Waals surface area contributed by atoms with E-state index in [1.807, 2.05) is 0 Å². The Bertz CT molecular complexity index is 1130. The number of fused-ring (bicyclic) bond motifs is 3. The molecule has 5 rings (SSSR count). The highest BCUT2D eigenvalue weighted by Gasteiger charge is 2.17. The fourth-order valence-electron chi connectivity index (χ4n) is 4.10. The lowest BCUT2D eigenvalue weighted by Crippen LogP contribution is -1.95. The predicted octanol–water partition coefficient (Wildman–Crippen LogP) is 6.65. The van der Waals surface area contributed by atoms with Crippen molar-refractivity contribution in [1.29, 1.82) is 0 Å². The highest BCUT2D eigenvalue weighted by atomic mass is 14.9. The van der Waals surface area contributed by atoms with Crippen LogP contribution in [0.4, 0.5) is 0 Å². The quantitative estimate of drug-likeness (QED) is 0.435. The lowest BCUT2D eigenvalue weighted by Gasteiger charge is -2.15. The van der Waals surface area contributed by atoms with Crippen LogP contribution in [0.2, 0.25) is 0 Å². The molecule has 2 aromatic heterocycles. The Morgan fingerprint density at radius 1 is 0.962 bits per heavy atom. The average molecular weight is 338 g/mol. The first-order valence-corrected chi connectivity index (χ1v) is 9.47. The van der Waals surface area contributed by atoms with E-state index in [2.05, 4.69) is 72.6 Å². The molecule has 0 radical (unpaired) electrons. The third-order valence-electron chi connectivity index (χ3n) is 5.42. The maximum absolute atomic E-state index is 4.99. The van der Waals surface area contributed by atoms with Crippen molar-refractivity contribution in [3.63, 3.8) is 0 Å². The topological polar surface area (TPSA) is 28.7 Å². The van der Waals surface area contributed by atoms with Crippen molar-refractivity contribution in [3.8, 4) is 11.3 Å². The van der Waals surface area contributed by atoms with Gasteiger partial charge in [-0.3, -0.25) is 0 Å². The second kappa shape index (κ2) is 6.14. The van der Waals surface area contributed by atoms with E-state index in [0.717, 1.165) is 17.8 Å². The predicted molar refractivity (Wildman–Crippen MR) is 110 cm³/mol. The Balaban J connectivity index is 1.85.